The third kappa shape index (κ3) is 1.80. The zero-order chi connectivity index (χ0) is 9.26. The van der Waals surface area contributed by atoms with E-state index in [4.69, 9.17) is 15.0 Å². The monoisotopic (exact) mass is 183 g/mol. The van der Waals surface area contributed by atoms with Crippen molar-refractivity contribution in [2.45, 2.75) is 25.9 Å². The Labute approximate surface area is 76.3 Å². The molecule has 5 heteroatoms. The lowest BCUT2D eigenvalue weighted by atomic mass is 10.2. The average Bonchev–Trinajstić information content (AvgIpc) is 2.85. The molecule has 1 fully saturated rings. The van der Waals surface area contributed by atoms with Crippen molar-refractivity contribution in [1.29, 1.82) is 0 Å². The number of ether oxygens (including phenoxy) is 1. The summed E-state index contributed by atoms with van der Waals surface area (Å²) in [6.45, 7) is 2.62. The molecule has 1 atom stereocenters. The fraction of sp³-hybridized carbons (Fsp3) is 0.750. The Morgan fingerprint density at radius 1 is 1.69 bits per heavy atom. The minimum absolute atomic E-state index is 0.0222. The number of aromatic nitrogens is 2. The Morgan fingerprint density at radius 2 is 2.46 bits per heavy atom. The molecule has 1 aliphatic rings. The first-order valence-corrected chi connectivity index (χ1v) is 4.52. The van der Waals surface area contributed by atoms with Crippen LogP contribution < -0.4 is 5.73 Å². The quantitative estimate of drug-likeness (QED) is 0.757. The van der Waals surface area contributed by atoms with Gasteiger partial charge < -0.3 is 15.0 Å². The fourth-order valence-electron chi connectivity index (χ4n) is 1.36. The molecule has 72 valence electrons. The molecule has 0 spiro atoms. The number of nitrogen functional groups attached to an aromatic ring is 1. The highest BCUT2D eigenvalue weighted by atomic mass is 16.5. The molecule has 0 radical (unpaired) electrons. The van der Waals surface area contributed by atoms with Crippen molar-refractivity contribution in [1.82, 2.24) is 10.1 Å². The second-order valence-electron chi connectivity index (χ2n) is 3.20. The van der Waals surface area contributed by atoms with Crippen LogP contribution in [0.25, 0.3) is 0 Å². The van der Waals surface area contributed by atoms with Gasteiger partial charge in [0.15, 0.2) is 0 Å². The molecule has 0 amide bonds. The maximum absolute atomic E-state index is 5.52. The Balaban J connectivity index is 2.10. The number of hydrogen-bond donors (Lipinski definition) is 1. The summed E-state index contributed by atoms with van der Waals surface area (Å²) >= 11 is 0. The van der Waals surface area contributed by atoms with Crippen molar-refractivity contribution in [3.05, 3.63) is 5.82 Å². The number of hydrogen-bond acceptors (Lipinski definition) is 5. The second-order valence-corrected chi connectivity index (χ2v) is 3.20. The summed E-state index contributed by atoms with van der Waals surface area (Å²) in [4.78, 5) is 3.97. The van der Waals surface area contributed by atoms with Crippen LogP contribution in [-0.2, 0) is 4.74 Å². The highest BCUT2D eigenvalue weighted by Gasteiger charge is 2.35. The average molecular weight is 183 g/mol. The Kier molecular flexibility index (Phi) is 2.18. The van der Waals surface area contributed by atoms with Crippen LogP contribution in [-0.4, -0.2) is 16.7 Å². The van der Waals surface area contributed by atoms with Gasteiger partial charge in [-0.15, -0.1) is 0 Å². The van der Waals surface area contributed by atoms with E-state index in [0.29, 0.717) is 18.3 Å². The van der Waals surface area contributed by atoms with Crippen LogP contribution in [0.5, 0.6) is 0 Å². The number of nitrogens with zero attached hydrogens (tertiary/aromatic N) is 2. The Hall–Kier alpha value is -1.10. The predicted octanol–water partition coefficient (Wildman–Crippen LogP) is 1.14. The molecule has 1 aromatic rings. The summed E-state index contributed by atoms with van der Waals surface area (Å²) in [5.41, 5.74) is 5.34. The van der Waals surface area contributed by atoms with Gasteiger partial charge in [0.2, 0.25) is 5.82 Å². The number of anilines is 1. The zero-order valence-electron chi connectivity index (χ0n) is 7.56. The normalized spacial score (nSPS) is 18.8. The fourth-order valence-corrected chi connectivity index (χ4v) is 1.36. The van der Waals surface area contributed by atoms with E-state index in [1.165, 1.54) is 12.8 Å². The first kappa shape index (κ1) is 8.50. The van der Waals surface area contributed by atoms with Crippen molar-refractivity contribution in [2.75, 3.05) is 12.3 Å². The molecule has 0 saturated heterocycles. The molecule has 1 aliphatic carbocycles. The van der Waals surface area contributed by atoms with Gasteiger partial charge in [0.05, 0.1) is 0 Å². The summed E-state index contributed by atoms with van der Waals surface area (Å²) in [5.74, 6) is 1.14. The van der Waals surface area contributed by atoms with E-state index in [0.717, 1.165) is 0 Å². The first-order valence-electron chi connectivity index (χ1n) is 4.52. The summed E-state index contributed by atoms with van der Waals surface area (Å²) in [6, 6.07) is 0.111. The van der Waals surface area contributed by atoms with Gasteiger partial charge in [0.1, 0.15) is 6.10 Å². The van der Waals surface area contributed by atoms with Crippen molar-refractivity contribution < 1.29 is 9.26 Å². The lowest BCUT2D eigenvalue weighted by Gasteiger charge is -2.10. The number of nitrogens with two attached hydrogens (primary N) is 1. The molecule has 5 nitrogen and oxygen atoms in total. The standard InChI is InChI=1S/C8H13N3O2/c1-2-12-6(5-3-4-5)7-10-8(9)13-11-7/h5-6H,2-4H2,1H3,(H2,9,10,11). The van der Waals surface area contributed by atoms with E-state index in [2.05, 4.69) is 10.1 Å². The summed E-state index contributed by atoms with van der Waals surface area (Å²) in [6.07, 6.45) is 2.34. The van der Waals surface area contributed by atoms with Gasteiger partial charge in [0.25, 0.3) is 0 Å². The lowest BCUT2D eigenvalue weighted by Crippen LogP contribution is -2.08. The highest BCUT2D eigenvalue weighted by Crippen LogP contribution is 2.42. The zero-order valence-corrected chi connectivity index (χ0v) is 7.56. The molecular formula is C8H13N3O2. The van der Waals surface area contributed by atoms with Gasteiger partial charge in [-0.3, -0.25) is 0 Å². The second kappa shape index (κ2) is 3.33. The number of rotatable bonds is 4. The molecule has 1 aromatic heterocycles. The van der Waals surface area contributed by atoms with Crippen LogP contribution >= 0.6 is 0 Å². The van der Waals surface area contributed by atoms with Crippen LogP contribution in [0.1, 0.15) is 31.7 Å². The van der Waals surface area contributed by atoms with Crippen LogP contribution in [0.4, 0.5) is 6.01 Å². The molecule has 2 rings (SSSR count). The lowest BCUT2D eigenvalue weighted by molar-refractivity contribution is 0.0385. The van der Waals surface area contributed by atoms with Gasteiger partial charge in [-0.25, -0.2) is 0 Å². The molecule has 1 unspecified atom stereocenters. The highest BCUT2D eigenvalue weighted by molar-refractivity contribution is 5.10. The summed E-state index contributed by atoms with van der Waals surface area (Å²) in [5, 5.41) is 3.76. The third-order valence-corrected chi connectivity index (χ3v) is 2.11. The summed E-state index contributed by atoms with van der Waals surface area (Å²) in [7, 11) is 0. The van der Waals surface area contributed by atoms with E-state index >= 15 is 0 Å². The van der Waals surface area contributed by atoms with Crippen molar-refractivity contribution in [3.63, 3.8) is 0 Å². The van der Waals surface area contributed by atoms with E-state index in [1.807, 2.05) is 6.92 Å². The maximum Gasteiger partial charge on any atom is 0.318 e. The van der Waals surface area contributed by atoms with Crippen LogP contribution in [0.3, 0.4) is 0 Å². The Morgan fingerprint density at radius 3 is 2.92 bits per heavy atom. The van der Waals surface area contributed by atoms with Crippen LogP contribution in [0.2, 0.25) is 0 Å². The first-order chi connectivity index (χ1) is 6.31. The smallest absolute Gasteiger partial charge is 0.318 e. The SMILES string of the molecule is CCOC(c1noc(N)n1)C1CC1. The molecule has 0 aromatic carbocycles. The maximum atomic E-state index is 5.52. The van der Waals surface area contributed by atoms with Gasteiger partial charge in [-0.05, 0) is 25.7 Å². The molecular weight excluding hydrogens is 170 g/mol. The van der Waals surface area contributed by atoms with Gasteiger partial charge in [0, 0.05) is 6.61 Å². The molecule has 13 heavy (non-hydrogen) atoms. The van der Waals surface area contributed by atoms with Gasteiger partial charge in [-0.1, -0.05) is 5.16 Å². The topological polar surface area (TPSA) is 74.2 Å². The van der Waals surface area contributed by atoms with Crippen molar-refractivity contribution >= 4 is 6.01 Å². The molecule has 1 saturated carbocycles. The molecule has 0 bridgehead atoms. The minimum Gasteiger partial charge on any atom is -0.370 e. The molecule has 0 aliphatic heterocycles. The van der Waals surface area contributed by atoms with Crippen LogP contribution in [0.15, 0.2) is 4.52 Å². The minimum atomic E-state index is -0.0222. The van der Waals surface area contributed by atoms with E-state index < -0.39 is 0 Å². The van der Waals surface area contributed by atoms with Gasteiger partial charge in [-0.2, -0.15) is 4.98 Å². The van der Waals surface area contributed by atoms with Crippen LogP contribution in [0, 0.1) is 5.92 Å². The Bertz CT molecular complexity index is 283. The molecule has 2 N–H and O–H groups in total. The van der Waals surface area contributed by atoms with Crippen molar-refractivity contribution in [2.24, 2.45) is 5.92 Å². The largest absolute Gasteiger partial charge is 0.370 e. The third-order valence-electron chi connectivity index (χ3n) is 2.11. The summed E-state index contributed by atoms with van der Waals surface area (Å²) < 4.78 is 10.2. The van der Waals surface area contributed by atoms with E-state index in [9.17, 15) is 0 Å². The molecule has 1 heterocycles. The van der Waals surface area contributed by atoms with Crippen molar-refractivity contribution in [3.8, 4) is 0 Å². The van der Waals surface area contributed by atoms with E-state index in [-0.39, 0.29) is 12.1 Å². The van der Waals surface area contributed by atoms with Gasteiger partial charge >= 0.3 is 6.01 Å². The predicted molar refractivity (Wildman–Crippen MR) is 45.8 cm³/mol. The van der Waals surface area contributed by atoms with E-state index in [1.54, 1.807) is 0 Å².